The molecule has 92 valence electrons. The van der Waals surface area contributed by atoms with Gasteiger partial charge in [0.1, 0.15) is 5.69 Å². The first-order valence-electron chi connectivity index (χ1n) is 5.22. The molecule has 0 saturated carbocycles. The predicted octanol–water partition coefficient (Wildman–Crippen LogP) is 1.67. The number of anilines is 1. The molecule has 1 aromatic carbocycles. The molecule has 1 heterocycles. The van der Waals surface area contributed by atoms with Gasteiger partial charge in [-0.25, -0.2) is 9.78 Å². The fourth-order valence-corrected chi connectivity index (χ4v) is 1.57. The number of aromatic amines is 1. The molecule has 0 aliphatic carbocycles. The summed E-state index contributed by atoms with van der Waals surface area (Å²) in [5.74, 6) is -1.51. The van der Waals surface area contributed by atoms with E-state index in [1.165, 1.54) is 18.6 Å². The van der Waals surface area contributed by atoms with Crippen molar-refractivity contribution >= 4 is 17.6 Å². The molecule has 1 aromatic heterocycles. The highest BCUT2D eigenvalue weighted by atomic mass is 16.4. The van der Waals surface area contributed by atoms with Crippen LogP contribution in [0.15, 0.2) is 30.7 Å². The number of hydrogen-bond acceptors (Lipinski definition) is 3. The van der Waals surface area contributed by atoms with E-state index in [0.717, 1.165) is 0 Å². The maximum absolute atomic E-state index is 11.8. The summed E-state index contributed by atoms with van der Waals surface area (Å²) in [6.07, 6.45) is 2.75. The van der Waals surface area contributed by atoms with Crippen molar-refractivity contribution in [1.82, 2.24) is 9.97 Å². The predicted molar refractivity (Wildman–Crippen MR) is 64.7 cm³/mol. The molecule has 0 atom stereocenters. The molecule has 2 aromatic rings. The van der Waals surface area contributed by atoms with Crippen molar-refractivity contribution in [2.75, 3.05) is 5.32 Å². The molecule has 0 spiro atoms. The van der Waals surface area contributed by atoms with Gasteiger partial charge in [0.25, 0.3) is 5.91 Å². The van der Waals surface area contributed by atoms with E-state index >= 15 is 0 Å². The summed E-state index contributed by atoms with van der Waals surface area (Å²) < 4.78 is 0. The minimum atomic E-state index is -1.08. The fraction of sp³-hybridized carbons (Fsp3) is 0.0833. The van der Waals surface area contributed by atoms with Crippen LogP contribution < -0.4 is 5.32 Å². The van der Waals surface area contributed by atoms with Crippen LogP contribution in [0.2, 0.25) is 0 Å². The van der Waals surface area contributed by atoms with Crippen molar-refractivity contribution in [3.05, 3.63) is 47.5 Å². The van der Waals surface area contributed by atoms with Crippen molar-refractivity contribution in [2.24, 2.45) is 0 Å². The fourth-order valence-electron chi connectivity index (χ4n) is 1.57. The lowest BCUT2D eigenvalue weighted by atomic mass is 10.1. The van der Waals surface area contributed by atoms with E-state index in [9.17, 15) is 9.59 Å². The Balaban J connectivity index is 2.34. The van der Waals surface area contributed by atoms with Gasteiger partial charge in [0.15, 0.2) is 0 Å². The number of aromatic carboxylic acids is 1. The second-order valence-corrected chi connectivity index (χ2v) is 3.72. The molecule has 0 aliphatic heterocycles. The second-order valence-electron chi connectivity index (χ2n) is 3.72. The zero-order valence-corrected chi connectivity index (χ0v) is 9.60. The third-order valence-electron chi connectivity index (χ3n) is 2.48. The summed E-state index contributed by atoms with van der Waals surface area (Å²) >= 11 is 0. The Bertz CT molecular complexity index is 591. The zero-order chi connectivity index (χ0) is 13.1. The number of imidazole rings is 1. The molecule has 18 heavy (non-hydrogen) atoms. The van der Waals surface area contributed by atoms with Gasteiger partial charge in [0, 0.05) is 0 Å². The number of hydrogen-bond donors (Lipinski definition) is 3. The topological polar surface area (TPSA) is 95.1 Å². The normalized spacial score (nSPS) is 10.1. The molecule has 1 amide bonds. The number of aryl methyl sites for hydroxylation is 1. The number of H-pyrrole nitrogens is 1. The van der Waals surface area contributed by atoms with Crippen LogP contribution in [0, 0.1) is 6.92 Å². The van der Waals surface area contributed by atoms with E-state index in [0.29, 0.717) is 11.3 Å². The van der Waals surface area contributed by atoms with E-state index in [2.05, 4.69) is 15.3 Å². The Kier molecular flexibility index (Phi) is 3.09. The van der Waals surface area contributed by atoms with E-state index in [1.54, 1.807) is 19.1 Å². The number of para-hydroxylation sites is 1. The molecule has 0 aliphatic rings. The van der Waals surface area contributed by atoms with Crippen LogP contribution >= 0.6 is 0 Å². The first-order valence-corrected chi connectivity index (χ1v) is 5.22. The lowest BCUT2D eigenvalue weighted by Gasteiger charge is -2.10. The molecule has 0 radical (unpaired) electrons. The van der Waals surface area contributed by atoms with Crippen molar-refractivity contribution < 1.29 is 14.7 Å². The molecule has 0 bridgehead atoms. The number of nitrogens with zero attached hydrogens (tertiary/aromatic N) is 1. The number of benzene rings is 1. The Labute approximate surface area is 103 Å². The number of amides is 1. The Morgan fingerprint density at radius 1 is 1.39 bits per heavy atom. The summed E-state index contributed by atoms with van der Waals surface area (Å²) in [4.78, 5) is 29.3. The number of aromatic nitrogens is 2. The van der Waals surface area contributed by atoms with Crippen LogP contribution in [-0.4, -0.2) is 27.0 Å². The average molecular weight is 245 g/mol. The van der Waals surface area contributed by atoms with Crippen LogP contribution in [0.3, 0.4) is 0 Å². The molecule has 0 saturated heterocycles. The van der Waals surface area contributed by atoms with E-state index in [-0.39, 0.29) is 11.3 Å². The zero-order valence-electron chi connectivity index (χ0n) is 9.60. The highest BCUT2D eigenvalue weighted by Gasteiger charge is 2.15. The van der Waals surface area contributed by atoms with Gasteiger partial charge in [0.2, 0.25) is 0 Å². The SMILES string of the molecule is Cc1cccc(C(=O)O)c1NC(=O)c1cnc[nH]1. The van der Waals surface area contributed by atoms with Crippen molar-refractivity contribution in [3.63, 3.8) is 0 Å². The first-order chi connectivity index (χ1) is 8.59. The average Bonchev–Trinajstić information content (AvgIpc) is 2.85. The Morgan fingerprint density at radius 2 is 2.17 bits per heavy atom. The van der Waals surface area contributed by atoms with E-state index in [4.69, 9.17) is 5.11 Å². The van der Waals surface area contributed by atoms with Gasteiger partial charge in [0.05, 0.1) is 23.8 Å². The molecule has 2 rings (SSSR count). The number of carbonyl (C=O) groups excluding carboxylic acids is 1. The lowest BCUT2D eigenvalue weighted by molar-refractivity contribution is 0.0698. The molecule has 6 heteroatoms. The monoisotopic (exact) mass is 245 g/mol. The van der Waals surface area contributed by atoms with Gasteiger partial charge in [-0.05, 0) is 18.6 Å². The quantitative estimate of drug-likeness (QED) is 0.766. The van der Waals surface area contributed by atoms with Gasteiger partial charge in [-0.15, -0.1) is 0 Å². The third-order valence-corrected chi connectivity index (χ3v) is 2.48. The Morgan fingerprint density at radius 3 is 2.78 bits per heavy atom. The van der Waals surface area contributed by atoms with Crippen LogP contribution in [0.1, 0.15) is 26.4 Å². The molecular weight excluding hydrogens is 234 g/mol. The summed E-state index contributed by atoms with van der Waals surface area (Å²) in [5.41, 5.74) is 1.31. The molecule has 0 fully saturated rings. The largest absolute Gasteiger partial charge is 0.478 e. The van der Waals surface area contributed by atoms with E-state index < -0.39 is 11.9 Å². The van der Waals surface area contributed by atoms with Gasteiger partial charge in [-0.3, -0.25) is 4.79 Å². The van der Waals surface area contributed by atoms with Crippen LogP contribution in [-0.2, 0) is 0 Å². The molecular formula is C12H11N3O3. The van der Waals surface area contributed by atoms with Crippen molar-refractivity contribution in [1.29, 1.82) is 0 Å². The summed E-state index contributed by atoms with van der Waals surface area (Å²) in [5, 5.41) is 11.6. The first kappa shape index (κ1) is 11.8. The van der Waals surface area contributed by atoms with E-state index in [1.807, 2.05) is 0 Å². The van der Waals surface area contributed by atoms with Crippen LogP contribution in [0.25, 0.3) is 0 Å². The standard InChI is InChI=1S/C12H11N3O3/c1-7-3-2-4-8(12(17)18)10(7)15-11(16)9-5-13-6-14-9/h2-6H,1H3,(H,13,14)(H,15,16)(H,17,18). The summed E-state index contributed by atoms with van der Waals surface area (Å²) in [6, 6.07) is 4.80. The van der Waals surface area contributed by atoms with Crippen molar-refractivity contribution in [2.45, 2.75) is 6.92 Å². The Hall–Kier alpha value is -2.63. The van der Waals surface area contributed by atoms with Crippen LogP contribution in [0.4, 0.5) is 5.69 Å². The van der Waals surface area contributed by atoms with Crippen LogP contribution in [0.5, 0.6) is 0 Å². The molecule has 0 unspecified atom stereocenters. The minimum Gasteiger partial charge on any atom is -0.478 e. The smallest absolute Gasteiger partial charge is 0.337 e. The second kappa shape index (κ2) is 4.70. The molecule has 3 N–H and O–H groups in total. The van der Waals surface area contributed by atoms with Gasteiger partial charge in [-0.2, -0.15) is 0 Å². The number of carboxylic acid groups (broad SMARTS) is 1. The number of rotatable bonds is 3. The number of carboxylic acids is 1. The minimum absolute atomic E-state index is 0.0582. The summed E-state index contributed by atoms with van der Waals surface area (Å²) in [7, 11) is 0. The highest BCUT2D eigenvalue weighted by molar-refractivity contribution is 6.07. The maximum Gasteiger partial charge on any atom is 0.337 e. The molecule has 6 nitrogen and oxygen atoms in total. The number of carbonyl (C=O) groups is 2. The third kappa shape index (κ3) is 2.22. The van der Waals surface area contributed by atoms with Gasteiger partial charge in [-0.1, -0.05) is 12.1 Å². The van der Waals surface area contributed by atoms with Gasteiger partial charge < -0.3 is 15.4 Å². The summed E-state index contributed by atoms with van der Waals surface area (Å²) in [6.45, 7) is 1.73. The van der Waals surface area contributed by atoms with Gasteiger partial charge >= 0.3 is 5.97 Å². The maximum atomic E-state index is 11.8. The number of nitrogens with one attached hydrogen (secondary N) is 2. The highest BCUT2D eigenvalue weighted by Crippen LogP contribution is 2.21. The lowest BCUT2D eigenvalue weighted by Crippen LogP contribution is -2.16. The van der Waals surface area contributed by atoms with Crippen molar-refractivity contribution in [3.8, 4) is 0 Å².